The van der Waals surface area contributed by atoms with Gasteiger partial charge in [-0.2, -0.15) is 0 Å². The maximum Gasteiger partial charge on any atom is 0.262 e. The van der Waals surface area contributed by atoms with Gasteiger partial charge in [0.2, 0.25) is 0 Å². The molecule has 0 unspecified atom stereocenters. The summed E-state index contributed by atoms with van der Waals surface area (Å²) in [6.07, 6.45) is 0. The number of carbonyl (C=O) groups excluding carboxylic acids is 2. The number of nitrogens with zero attached hydrogens (tertiary/aromatic N) is 4. The quantitative estimate of drug-likeness (QED) is 0.258. The molecule has 0 saturated heterocycles. The van der Waals surface area contributed by atoms with Gasteiger partial charge < -0.3 is 0 Å². The van der Waals surface area contributed by atoms with E-state index < -0.39 is 0 Å². The van der Waals surface area contributed by atoms with Gasteiger partial charge in [-0.15, -0.1) is 0 Å². The largest absolute Gasteiger partial charge is 0.269 e. The normalized spacial score (nSPS) is 12.6. The zero-order valence-electron chi connectivity index (χ0n) is 9.33. The molecule has 1 aromatic rings. The summed E-state index contributed by atoms with van der Waals surface area (Å²) < 4.78 is 0. The molecular formula is C12H8N4O2. The highest BCUT2D eigenvalue weighted by Crippen LogP contribution is 2.21. The van der Waals surface area contributed by atoms with Crippen LogP contribution in [0.5, 0.6) is 0 Å². The van der Waals surface area contributed by atoms with Crippen LogP contribution in [0.3, 0.4) is 0 Å². The third kappa shape index (κ3) is 2.03. The Morgan fingerprint density at radius 3 is 2.33 bits per heavy atom. The predicted molar refractivity (Wildman–Crippen MR) is 63.6 cm³/mol. The van der Waals surface area contributed by atoms with Gasteiger partial charge in [0.05, 0.1) is 24.2 Å². The van der Waals surface area contributed by atoms with E-state index >= 15 is 0 Å². The van der Waals surface area contributed by atoms with E-state index in [1.807, 2.05) is 0 Å². The Balaban J connectivity index is 2.13. The number of benzene rings is 1. The van der Waals surface area contributed by atoms with Gasteiger partial charge in [-0.05, 0) is 17.7 Å². The van der Waals surface area contributed by atoms with Crippen LogP contribution in [0.2, 0.25) is 0 Å². The molecule has 0 atom stereocenters. The van der Waals surface area contributed by atoms with Crippen LogP contribution >= 0.6 is 0 Å². The Kier molecular flexibility index (Phi) is 3.28. The topological polar surface area (TPSA) is 86.1 Å². The Morgan fingerprint density at radius 1 is 1.17 bits per heavy atom. The number of amides is 2. The van der Waals surface area contributed by atoms with Crippen molar-refractivity contribution in [3.8, 4) is 11.8 Å². The highest BCUT2D eigenvalue weighted by molar-refractivity contribution is 6.21. The number of hydrogen-bond acceptors (Lipinski definition) is 3. The molecule has 6 heteroatoms. The minimum atomic E-state index is -0.339. The fourth-order valence-corrected chi connectivity index (χ4v) is 1.64. The van der Waals surface area contributed by atoms with Crippen LogP contribution in [0.4, 0.5) is 0 Å². The first kappa shape index (κ1) is 11.7. The van der Waals surface area contributed by atoms with Crippen molar-refractivity contribution >= 4 is 11.8 Å². The smallest absolute Gasteiger partial charge is 0.262 e. The monoisotopic (exact) mass is 240 g/mol. The van der Waals surface area contributed by atoms with Gasteiger partial charge in [0, 0.05) is 4.91 Å². The van der Waals surface area contributed by atoms with E-state index in [0.29, 0.717) is 11.1 Å². The minimum Gasteiger partial charge on any atom is -0.269 e. The van der Waals surface area contributed by atoms with Crippen molar-refractivity contribution in [1.82, 2.24) is 4.90 Å². The van der Waals surface area contributed by atoms with E-state index in [-0.39, 0.29) is 24.9 Å². The van der Waals surface area contributed by atoms with Crippen LogP contribution in [-0.4, -0.2) is 29.8 Å². The van der Waals surface area contributed by atoms with Gasteiger partial charge in [-0.3, -0.25) is 14.5 Å². The van der Waals surface area contributed by atoms with Gasteiger partial charge in [0.25, 0.3) is 11.8 Å². The maximum absolute atomic E-state index is 11.9. The van der Waals surface area contributed by atoms with E-state index in [2.05, 4.69) is 21.9 Å². The molecule has 18 heavy (non-hydrogen) atoms. The second kappa shape index (κ2) is 5.04. The Bertz CT molecular complexity index is 585. The van der Waals surface area contributed by atoms with Crippen LogP contribution in [0.1, 0.15) is 20.7 Å². The lowest BCUT2D eigenvalue weighted by Crippen LogP contribution is -2.30. The van der Waals surface area contributed by atoms with Crippen molar-refractivity contribution in [1.29, 1.82) is 0 Å². The highest BCUT2D eigenvalue weighted by Gasteiger charge is 2.34. The number of fused-ring (bicyclic) bond motifs is 1. The Hall–Kier alpha value is -2.77. The van der Waals surface area contributed by atoms with E-state index in [4.69, 9.17) is 5.53 Å². The van der Waals surface area contributed by atoms with E-state index in [1.165, 1.54) is 0 Å². The predicted octanol–water partition coefficient (Wildman–Crippen LogP) is 1.60. The second-order valence-electron chi connectivity index (χ2n) is 3.48. The number of carbonyl (C=O) groups is 2. The first-order chi connectivity index (χ1) is 8.75. The average Bonchev–Trinajstić information content (AvgIpc) is 2.64. The molecule has 1 aliphatic rings. The fraction of sp³-hybridized carbons (Fsp3) is 0.167. The molecule has 1 aliphatic heterocycles. The summed E-state index contributed by atoms with van der Waals surface area (Å²) in [7, 11) is 0. The molecule has 2 rings (SSSR count). The molecule has 0 radical (unpaired) electrons. The van der Waals surface area contributed by atoms with Crippen molar-refractivity contribution < 1.29 is 9.59 Å². The van der Waals surface area contributed by atoms with Crippen molar-refractivity contribution in [2.75, 3.05) is 13.1 Å². The van der Waals surface area contributed by atoms with E-state index in [0.717, 1.165) is 4.90 Å². The summed E-state index contributed by atoms with van der Waals surface area (Å²) in [5.74, 6) is 4.51. The summed E-state index contributed by atoms with van der Waals surface area (Å²) in [6, 6.07) is 6.65. The highest BCUT2D eigenvalue weighted by atomic mass is 16.2. The minimum absolute atomic E-state index is 0.00724. The molecule has 0 bridgehead atoms. The van der Waals surface area contributed by atoms with Gasteiger partial charge in [-0.25, -0.2) is 0 Å². The van der Waals surface area contributed by atoms with Crippen LogP contribution in [0, 0.1) is 11.8 Å². The third-order valence-corrected chi connectivity index (χ3v) is 2.45. The van der Waals surface area contributed by atoms with Gasteiger partial charge in [0.15, 0.2) is 0 Å². The van der Waals surface area contributed by atoms with Gasteiger partial charge >= 0.3 is 0 Å². The number of rotatable bonds is 2. The molecule has 6 nitrogen and oxygen atoms in total. The molecule has 1 aromatic carbocycles. The van der Waals surface area contributed by atoms with Crippen LogP contribution in [0.15, 0.2) is 29.4 Å². The van der Waals surface area contributed by atoms with Crippen LogP contribution in [-0.2, 0) is 0 Å². The molecule has 0 aromatic heterocycles. The Labute approximate surface area is 103 Å². The van der Waals surface area contributed by atoms with E-state index in [1.54, 1.807) is 24.3 Å². The molecule has 0 N–H and O–H groups in total. The first-order valence-corrected chi connectivity index (χ1v) is 5.17. The van der Waals surface area contributed by atoms with Crippen LogP contribution < -0.4 is 0 Å². The van der Waals surface area contributed by atoms with Crippen molar-refractivity contribution in [3.63, 3.8) is 0 Å². The molecule has 0 fully saturated rings. The Morgan fingerprint density at radius 2 is 1.78 bits per heavy atom. The SMILES string of the molecule is [N-]=[N+]=NCC#CCN1C(=O)c2ccccc2C1=O. The summed E-state index contributed by atoms with van der Waals surface area (Å²) >= 11 is 0. The molecule has 1 heterocycles. The number of azide groups is 1. The summed E-state index contributed by atoms with van der Waals surface area (Å²) in [4.78, 5) is 27.4. The summed E-state index contributed by atoms with van der Waals surface area (Å²) in [5, 5.41) is 3.23. The van der Waals surface area contributed by atoms with E-state index in [9.17, 15) is 9.59 Å². The zero-order valence-corrected chi connectivity index (χ0v) is 9.33. The second-order valence-corrected chi connectivity index (χ2v) is 3.48. The van der Waals surface area contributed by atoms with Crippen molar-refractivity contribution in [2.24, 2.45) is 5.11 Å². The maximum atomic E-state index is 11.9. The molecule has 88 valence electrons. The lowest BCUT2D eigenvalue weighted by atomic mass is 10.1. The molecule has 0 saturated carbocycles. The van der Waals surface area contributed by atoms with Gasteiger partial charge in [-0.1, -0.05) is 29.1 Å². The fourth-order valence-electron chi connectivity index (χ4n) is 1.64. The number of hydrogen-bond donors (Lipinski definition) is 0. The standard InChI is InChI=1S/C12H8N4O2/c13-15-14-7-3-4-8-16-11(17)9-5-1-2-6-10(9)12(16)18/h1-2,5-6H,7-8H2. The van der Waals surface area contributed by atoms with Crippen molar-refractivity contribution in [2.45, 2.75) is 0 Å². The average molecular weight is 240 g/mol. The molecule has 2 amide bonds. The summed E-state index contributed by atoms with van der Waals surface area (Å²) in [5.41, 5.74) is 8.86. The third-order valence-electron chi connectivity index (χ3n) is 2.45. The van der Waals surface area contributed by atoms with Gasteiger partial charge in [0.1, 0.15) is 0 Å². The zero-order chi connectivity index (χ0) is 13.0. The number of imide groups is 1. The lowest BCUT2D eigenvalue weighted by molar-refractivity contribution is 0.0675. The molecule has 0 aliphatic carbocycles. The summed E-state index contributed by atoms with van der Waals surface area (Å²) in [6.45, 7) is 0.0347. The lowest BCUT2D eigenvalue weighted by Gasteiger charge is -2.08. The molecular weight excluding hydrogens is 232 g/mol. The van der Waals surface area contributed by atoms with Crippen LogP contribution in [0.25, 0.3) is 10.4 Å². The van der Waals surface area contributed by atoms with Crippen molar-refractivity contribution in [3.05, 3.63) is 45.8 Å². The first-order valence-electron chi connectivity index (χ1n) is 5.17. The molecule has 0 spiro atoms.